The van der Waals surface area contributed by atoms with Gasteiger partial charge in [-0.05, 0) is 43.5 Å². The quantitative estimate of drug-likeness (QED) is 0.872. The number of amides is 1. The summed E-state index contributed by atoms with van der Waals surface area (Å²) in [6.07, 6.45) is -2.88. The average molecular weight is 328 g/mol. The average Bonchev–Trinajstić information content (AvgIpc) is 2.82. The van der Waals surface area contributed by atoms with Gasteiger partial charge in [0.15, 0.2) is 0 Å². The maximum absolute atomic E-state index is 13.7. The number of likely N-dealkylation sites (tertiary alicyclic amines) is 1. The van der Waals surface area contributed by atoms with Crippen molar-refractivity contribution in [2.24, 2.45) is 0 Å². The molecule has 1 aromatic carbocycles. The van der Waals surface area contributed by atoms with Crippen molar-refractivity contribution in [1.29, 1.82) is 0 Å². The molecule has 3 nitrogen and oxygen atoms in total. The fourth-order valence-corrected chi connectivity index (χ4v) is 3.50. The Morgan fingerprint density at radius 2 is 2.13 bits per heavy atom. The summed E-state index contributed by atoms with van der Waals surface area (Å²) in [4.78, 5) is 12.7. The predicted octanol–water partition coefficient (Wildman–Crippen LogP) is 4.34. The lowest BCUT2D eigenvalue weighted by Gasteiger charge is -2.40. The van der Waals surface area contributed by atoms with Gasteiger partial charge >= 0.3 is 6.18 Å². The first-order valence-electron chi connectivity index (χ1n) is 7.97. The van der Waals surface area contributed by atoms with Gasteiger partial charge in [-0.15, -0.1) is 0 Å². The van der Waals surface area contributed by atoms with E-state index in [2.05, 4.69) is 5.32 Å². The molecule has 0 radical (unpaired) electrons. The van der Waals surface area contributed by atoms with E-state index in [1.807, 2.05) is 0 Å². The predicted molar refractivity (Wildman–Crippen MR) is 84.1 cm³/mol. The van der Waals surface area contributed by atoms with Crippen molar-refractivity contribution in [1.82, 2.24) is 4.90 Å². The van der Waals surface area contributed by atoms with Crippen LogP contribution >= 0.6 is 0 Å². The summed E-state index contributed by atoms with van der Waals surface area (Å²) < 4.78 is 41.1. The molecule has 1 aliphatic heterocycles. The molecule has 1 unspecified atom stereocenters. The molecule has 1 saturated heterocycles. The van der Waals surface area contributed by atoms with Gasteiger partial charge in [-0.3, -0.25) is 9.69 Å². The number of nitrogens with zero attached hydrogens (tertiary/aromatic N) is 1. The van der Waals surface area contributed by atoms with Crippen molar-refractivity contribution in [3.63, 3.8) is 0 Å². The Morgan fingerprint density at radius 1 is 1.39 bits per heavy atom. The summed E-state index contributed by atoms with van der Waals surface area (Å²) in [7, 11) is 0. The molecule has 0 aliphatic carbocycles. The number of anilines is 1. The number of alkyl halides is 3. The Balaban J connectivity index is 2.22. The minimum absolute atomic E-state index is 0.127. The summed E-state index contributed by atoms with van der Waals surface area (Å²) >= 11 is 0. The Bertz CT molecular complexity index is 559. The molecule has 0 aromatic heterocycles. The first kappa shape index (κ1) is 17.8. The zero-order valence-corrected chi connectivity index (χ0v) is 13.5. The van der Waals surface area contributed by atoms with Crippen LogP contribution in [0.1, 0.15) is 45.1 Å². The van der Waals surface area contributed by atoms with E-state index in [9.17, 15) is 18.0 Å². The molecule has 1 heterocycles. The van der Waals surface area contributed by atoms with E-state index in [-0.39, 0.29) is 25.3 Å². The van der Waals surface area contributed by atoms with Crippen LogP contribution in [-0.2, 0) is 11.3 Å². The highest BCUT2D eigenvalue weighted by Gasteiger charge is 2.59. The van der Waals surface area contributed by atoms with E-state index in [0.717, 1.165) is 5.56 Å². The Morgan fingerprint density at radius 3 is 2.74 bits per heavy atom. The second kappa shape index (κ2) is 6.91. The van der Waals surface area contributed by atoms with E-state index >= 15 is 0 Å². The van der Waals surface area contributed by atoms with Crippen molar-refractivity contribution >= 4 is 11.6 Å². The fourth-order valence-electron chi connectivity index (χ4n) is 3.50. The zero-order valence-electron chi connectivity index (χ0n) is 13.5. The number of halogens is 3. The normalized spacial score (nSPS) is 22.3. The van der Waals surface area contributed by atoms with Crippen molar-refractivity contribution in [2.45, 2.75) is 57.8 Å². The van der Waals surface area contributed by atoms with Crippen LogP contribution in [0.3, 0.4) is 0 Å². The topological polar surface area (TPSA) is 32.3 Å². The first-order chi connectivity index (χ1) is 10.8. The lowest BCUT2D eigenvalue weighted by molar-refractivity contribution is -0.227. The van der Waals surface area contributed by atoms with Gasteiger partial charge in [-0.2, -0.15) is 13.2 Å². The van der Waals surface area contributed by atoms with Gasteiger partial charge in [0.1, 0.15) is 5.54 Å². The number of rotatable bonds is 5. The van der Waals surface area contributed by atoms with Crippen LogP contribution in [0, 0.1) is 0 Å². The van der Waals surface area contributed by atoms with E-state index in [1.54, 1.807) is 36.1 Å². The maximum Gasteiger partial charge on any atom is 0.406 e. The van der Waals surface area contributed by atoms with Gasteiger partial charge in [0.25, 0.3) is 0 Å². The minimum Gasteiger partial charge on any atom is -0.326 e. The van der Waals surface area contributed by atoms with Crippen LogP contribution in [0.2, 0.25) is 0 Å². The number of hydrogen-bond acceptors (Lipinski definition) is 2. The molecule has 0 spiro atoms. The van der Waals surface area contributed by atoms with Gasteiger partial charge in [-0.1, -0.05) is 25.5 Å². The molecule has 128 valence electrons. The first-order valence-corrected chi connectivity index (χ1v) is 7.97. The molecule has 6 heteroatoms. The van der Waals surface area contributed by atoms with E-state index in [0.29, 0.717) is 25.1 Å². The Hall–Kier alpha value is -1.56. The highest BCUT2D eigenvalue weighted by molar-refractivity contribution is 5.88. The second-order valence-electron chi connectivity index (χ2n) is 6.19. The molecule has 1 atom stereocenters. The van der Waals surface area contributed by atoms with Gasteiger partial charge in [0.2, 0.25) is 5.91 Å². The van der Waals surface area contributed by atoms with Gasteiger partial charge in [0, 0.05) is 19.2 Å². The molecule has 1 aliphatic rings. The zero-order chi connectivity index (χ0) is 17.1. The molecular formula is C17H23F3N2O. The number of carbonyl (C=O) groups is 1. The lowest BCUT2D eigenvalue weighted by atomic mass is 9.89. The summed E-state index contributed by atoms with van der Waals surface area (Å²) in [6.45, 7) is 3.89. The maximum atomic E-state index is 13.7. The third-order valence-electron chi connectivity index (χ3n) is 4.44. The highest BCUT2D eigenvalue weighted by Crippen LogP contribution is 2.46. The number of benzene rings is 1. The van der Waals surface area contributed by atoms with Crippen LogP contribution in [0.5, 0.6) is 0 Å². The third kappa shape index (κ3) is 3.86. The van der Waals surface area contributed by atoms with E-state index in [1.165, 1.54) is 6.92 Å². The summed E-state index contributed by atoms with van der Waals surface area (Å²) in [6, 6.07) is 7.03. The standard InChI is InChI=1S/C17H23F3N2O/c1-3-8-16(17(18,19)20)9-5-10-22(16)12-14-6-4-7-15(11-14)21-13(2)23/h4,6-7,11H,3,5,8-10,12H2,1-2H3,(H,21,23). The van der Waals surface area contributed by atoms with Crippen LogP contribution in [-0.4, -0.2) is 29.1 Å². The van der Waals surface area contributed by atoms with Crippen molar-refractivity contribution < 1.29 is 18.0 Å². The van der Waals surface area contributed by atoms with Crippen molar-refractivity contribution in [3.05, 3.63) is 29.8 Å². The molecular weight excluding hydrogens is 305 g/mol. The smallest absolute Gasteiger partial charge is 0.326 e. The van der Waals surface area contributed by atoms with Gasteiger partial charge in [-0.25, -0.2) is 0 Å². The van der Waals surface area contributed by atoms with Crippen molar-refractivity contribution in [2.75, 3.05) is 11.9 Å². The van der Waals surface area contributed by atoms with Crippen LogP contribution in [0.4, 0.5) is 18.9 Å². The molecule has 1 amide bonds. The van der Waals surface area contributed by atoms with Crippen molar-refractivity contribution in [3.8, 4) is 0 Å². The van der Waals surface area contributed by atoms with Crippen LogP contribution in [0.25, 0.3) is 0 Å². The third-order valence-corrected chi connectivity index (χ3v) is 4.44. The minimum atomic E-state index is -4.23. The molecule has 1 N–H and O–H groups in total. The summed E-state index contributed by atoms with van der Waals surface area (Å²) in [5.41, 5.74) is -0.323. The largest absolute Gasteiger partial charge is 0.406 e. The second-order valence-corrected chi connectivity index (χ2v) is 6.19. The summed E-state index contributed by atoms with van der Waals surface area (Å²) in [5.74, 6) is -0.195. The van der Waals surface area contributed by atoms with Gasteiger partial charge in [0.05, 0.1) is 0 Å². The monoisotopic (exact) mass is 328 g/mol. The number of carbonyl (C=O) groups excluding carboxylic acids is 1. The molecule has 23 heavy (non-hydrogen) atoms. The van der Waals surface area contributed by atoms with Gasteiger partial charge < -0.3 is 5.32 Å². The fraction of sp³-hybridized carbons (Fsp3) is 0.588. The Kier molecular flexibility index (Phi) is 5.34. The lowest BCUT2D eigenvalue weighted by Crippen LogP contribution is -2.54. The van der Waals surface area contributed by atoms with Crippen LogP contribution < -0.4 is 5.32 Å². The Labute approximate surface area is 134 Å². The van der Waals surface area contributed by atoms with Crippen LogP contribution in [0.15, 0.2) is 24.3 Å². The van der Waals surface area contributed by atoms with E-state index < -0.39 is 11.7 Å². The molecule has 2 rings (SSSR count). The SMILES string of the molecule is CCCC1(C(F)(F)F)CCCN1Cc1cccc(NC(C)=O)c1. The number of nitrogens with one attached hydrogen (secondary N) is 1. The molecule has 1 aromatic rings. The summed E-state index contributed by atoms with van der Waals surface area (Å²) in [5, 5.41) is 2.67. The molecule has 1 fully saturated rings. The highest BCUT2D eigenvalue weighted by atomic mass is 19.4. The molecule has 0 bridgehead atoms. The van der Waals surface area contributed by atoms with E-state index in [4.69, 9.17) is 0 Å². The molecule has 0 saturated carbocycles. The number of hydrogen-bond donors (Lipinski definition) is 1.